The first kappa shape index (κ1) is 29.8. The van der Waals surface area contributed by atoms with Crippen LogP contribution in [0.25, 0.3) is 38.2 Å². The van der Waals surface area contributed by atoms with Crippen LogP contribution in [-0.4, -0.2) is 22.5 Å². The van der Waals surface area contributed by atoms with E-state index in [1.807, 2.05) is 30.3 Å². The van der Waals surface area contributed by atoms with Crippen LogP contribution < -0.4 is 25.2 Å². The van der Waals surface area contributed by atoms with Crippen LogP contribution in [0, 0.1) is 0 Å². The van der Waals surface area contributed by atoms with E-state index >= 15 is 0 Å². The number of anilines is 10. The third-order valence-corrected chi connectivity index (χ3v) is 11.1. The maximum absolute atomic E-state index is 14.8. The number of benzene rings is 7. The number of hydrogen-bond acceptors (Lipinski definition) is 6. The van der Waals surface area contributed by atoms with E-state index in [2.05, 4.69) is 149 Å². The highest BCUT2D eigenvalue weighted by Gasteiger charge is 2.34. The fourth-order valence-electron chi connectivity index (χ4n) is 8.98. The van der Waals surface area contributed by atoms with Gasteiger partial charge in [0.15, 0.2) is 0 Å². The van der Waals surface area contributed by atoms with E-state index in [-0.39, 0.29) is 5.56 Å². The number of hydrogen-bond donors (Lipinski definition) is 0. The van der Waals surface area contributed by atoms with E-state index in [1.165, 1.54) is 0 Å². The van der Waals surface area contributed by atoms with Crippen LogP contribution in [0.4, 0.5) is 56.9 Å². The SMILES string of the molecule is CCN1c2ccccc2N(c2ccc3c(=O)n4c5ccccc5nc4c4ccc(N5c6ccccc6N(CC)c6ccccc65)c2c34)c2ccccc21. The summed E-state index contributed by atoms with van der Waals surface area (Å²) in [5.41, 5.74) is 13.1. The molecule has 254 valence electrons. The summed E-state index contributed by atoms with van der Waals surface area (Å²) in [6.07, 6.45) is 0. The Morgan fingerprint density at radius 3 is 1.32 bits per heavy atom. The second kappa shape index (κ2) is 11.1. The minimum atomic E-state index is -0.0666. The van der Waals surface area contributed by atoms with Crippen LogP contribution in [0.1, 0.15) is 13.8 Å². The second-order valence-corrected chi connectivity index (χ2v) is 13.7. The maximum Gasteiger partial charge on any atom is 0.264 e. The normalized spacial score (nSPS) is 13.5. The number of aromatic nitrogens is 2. The van der Waals surface area contributed by atoms with E-state index in [1.54, 1.807) is 4.40 Å². The van der Waals surface area contributed by atoms with Crippen molar-refractivity contribution in [2.75, 3.05) is 32.7 Å². The summed E-state index contributed by atoms with van der Waals surface area (Å²) in [6.45, 7) is 6.06. The van der Waals surface area contributed by atoms with Gasteiger partial charge in [0.05, 0.1) is 67.9 Å². The lowest BCUT2D eigenvalue weighted by molar-refractivity contribution is 0.998. The van der Waals surface area contributed by atoms with E-state index in [0.717, 1.165) is 97.2 Å². The van der Waals surface area contributed by atoms with Gasteiger partial charge >= 0.3 is 0 Å². The lowest BCUT2D eigenvalue weighted by atomic mass is 9.95. The Morgan fingerprint density at radius 2 is 0.849 bits per heavy atom. The molecule has 0 saturated heterocycles. The summed E-state index contributed by atoms with van der Waals surface area (Å²) < 4.78 is 1.79. The van der Waals surface area contributed by atoms with Crippen molar-refractivity contribution in [3.63, 3.8) is 0 Å². The molecule has 7 heteroatoms. The summed E-state index contributed by atoms with van der Waals surface area (Å²) in [5, 5.41) is 3.52. The van der Waals surface area contributed by atoms with Gasteiger partial charge in [-0.1, -0.05) is 60.7 Å². The highest BCUT2D eigenvalue weighted by molar-refractivity contribution is 6.25. The molecule has 0 radical (unpaired) electrons. The average molecular weight is 687 g/mol. The molecule has 9 aromatic rings. The highest BCUT2D eigenvalue weighted by Crippen LogP contribution is 2.57. The number of rotatable bonds is 4. The molecule has 53 heavy (non-hydrogen) atoms. The van der Waals surface area contributed by atoms with Crippen LogP contribution >= 0.6 is 0 Å². The van der Waals surface area contributed by atoms with E-state index < -0.39 is 0 Å². The molecule has 0 fully saturated rings. The Balaban J connectivity index is 1.32. The lowest BCUT2D eigenvalue weighted by Gasteiger charge is -2.42. The number of fused-ring (bicyclic) bond motifs is 8. The predicted molar refractivity (Wildman–Crippen MR) is 220 cm³/mol. The molecule has 0 bridgehead atoms. The fraction of sp³-hybridized carbons (Fsp3) is 0.0870. The molecule has 0 atom stereocenters. The first-order valence-corrected chi connectivity index (χ1v) is 18.3. The lowest BCUT2D eigenvalue weighted by Crippen LogP contribution is -2.28. The van der Waals surface area contributed by atoms with Crippen molar-refractivity contribution in [1.82, 2.24) is 9.38 Å². The van der Waals surface area contributed by atoms with Gasteiger partial charge in [0.25, 0.3) is 5.56 Å². The van der Waals surface area contributed by atoms with E-state index in [0.29, 0.717) is 11.0 Å². The van der Waals surface area contributed by atoms with Crippen molar-refractivity contribution in [3.05, 3.63) is 156 Å². The Kier molecular flexibility index (Phi) is 6.23. The van der Waals surface area contributed by atoms with Gasteiger partial charge < -0.3 is 19.6 Å². The second-order valence-electron chi connectivity index (χ2n) is 13.7. The molecule has 4 heterocycles. The molecule has 0 unspecified atom stereocenters. The Hall–Kier alpha value is -6.86. The van der Waals surface area contributed by atoms with Gasteiger partial charge in [-0.15, -0.1) is 0 Å². The van der Waals surface area contributed by atoms with Crippen LogP contribution in [0.2, 0.25) is 0 Å². The predicted octanol–water partition coefficient (Wildman–Crippen LogP) is 11.5. The molecule has 2 aliphatic heterocycles. The zero-order valence-corrected chi connectivity index (χ0v) is 29.4. The molecule has 7 nitrogen and oxygen atoms in total. The molecular formula is C46H34N6O. The molecule has 2 aromatic heterocycles. The molecule has 0 aliphatic carbocycles. The molecule has 0 N–H and O–H groups in total. The van der Waals surface area contributed by atoms with Crippen molar-refractivity contribution < 1.29 is 0 Å². The highest BCUT2D eigenvalue weighted by atomic mass is 16.1. The topological polar surface area (TPSA) is 47.3 Å². The molecule has 0 spiro atoms. The number of para-hydroxylation sites is 10. The van der Waals surface area contributed by atoms with Gasteiger partial charge in [0.1, 0.15) is 5.65 Å². The van der Waals surface area contributed by atoms with Crippen molar-refractivity contribution >= 4 is 95.1 Å². The van der Waals surface area contributed by atoms with Crippen molar-refractivity contribution in [3.8, 4) is 0 Å². The van der Waals surface area contributed by atoms with Crippen LogP contribution in [0.15, 0.2) is 150 Å². The molecule has 0 saturated carbocycles. The standard InChI is InChI=1S/C46H34N6O/c1-3-48-33-17-7-11-21-37(33)50(38-22-12-8-18-34(38)48)41-27-25-29-43-30(46(53)52-32-16-6-5-15-31(32)47-45(29)52)26-28-42(44(41)43)51-39-23-13-9-19-35(39)49(4-2)36-20-10-14-24-40(36)51/h5-28H,3-4H2,1-2H3. The first-order valence-electron chi connectivity index (χ1n) is 18.3. The van der Waals surface area contributed by atoms with Gasteiger partial charge in [0, 0.05) is 34.6 Å². The number of nitrogens with zero attached hydrogens (tertiary/aromatic N) is 6. The van der Waals surface area contributed by atoms with Gasteiger partial charge in [-0.25, -0.2) is 4.98 Å². The maximum atomic E-state index is 14.8. The van der Waals surface area contributed by atoms with Crippen LogP contribution in [0.5, 0.6) is 0 Å². The summed E-state index contributed by atoms with van der Waals surface area (Å²) in [4.78, 5) is 29.4. The quantitative estimate of drug-likeness (QED) is 0.184. The summed E-state index contributed by atoms with van der Waals surface area (Å²) in [6, 6.07) is 51.0. The average Bonchev–Trinajstić information content (AvgIpc) is 3.61. The zero-order chi connectivity index (χ0) is 35.4. The summed E-state index contributed by atoms with van der Waals surface area (Å²) in [7, 11) is 0. The zero-order valence-electron chi connectivity index (χ0n) is 29.4. The summed E-state index contributed by atoms with van der Waals surface area (Å²) in [5.74, 6) is 0. The number of imidazole rings is 1. The largest absolute Gasteiger partial charge is 0.338 e. The van der Waals surface area contributed by atoms with E-state index in [9.17, 15) is 4.79 Å². The van der Waals surface area contributed by atoms with Gasteiger partial charge in [-0.2, -0.15) is 0 Å². The first-order chi connectivity index (χ1) is 26.2. The van der Waals surface area contributed by atoms with Crippen molar-refractivity contribution in [2.24, 2.45) is 0 Å². The third-order valence-electron chi connectivity index (χ3n) is 11.1. The minimum absolute atomic E-state index is 0.0666. The molecule has 7 aromatic carbocycles. The van der Waals surface area contributed by atoms with Crippen molar-refractivity contribution in [2.45, 2.75) is 13.8 Å². The van der Waals surface area contributed by atoms with E-state index in [4.69, 9.17) is 4.98 Å². The molecule has 0 amide bonds. The van der Waals surface area contributed by atoms with Crippen LogP contribution in [-0.2, 0) is 0 Å². The Bertz CT molecular complexity index is 2800. The third kappa shape index (κ3) is 3.93. The fourth-order valence-corrected chi connectivity index (χ4v) is 8.98. The van der Waals surface area contributed by atoms with Gasteiger partial charge in [-0.05, 0) is 98.8 Å². The van der Waals surface area contributed by atoms with Crippen LogP contribution in [0.3, 0.4) is 0 Å². The molecule has 2 aliphatic rings. The summed E-state index contributed by atoms with van der Waals surface area (Å²) >= 11 is 0. The Morgan fingerprint density at radius 1 is 0.434 bits per heavy atom. The number of pyridine rings is 1. The van der Waals surface area contributed by atoms with Gasteiger partial charge in [0.2, 0.25) is 0 Å². The monoisotopic (exact) mass is 686 g/mol. The molecule has 11 rings (SSSR count). The molecular weight excluding hydrogens is 653 g/mol. The Labute approximate surface area is 306 Å². The van der Waals surface area contributed by atoms with Gasteiger partial charge in [-0.3, -0.25) is 9.20 Å². The minimum Gasteiger partial charge on any atom is -0.338 e. The smallest absolute Gasteiger partial charge is 0.264 e. The van der Waals surface area contributed by atoms with Crippen molar-refractivity contribution in [1.29, 1.82) is 0 Å².